The molecule has 0 rings (SSSR count). The molecule has 0 fully saturated rings. The number of aliphatic hydroxyl groups excluding tert-OH is 1. The van der Waals surface area contributed by atoms with Crippen LogP contribution in [0.5, 0.6) is 0 Å². The lowest BCUT2D eigenvalue weighted by atomic mass is 10.0. The van der Waals surface area contributed by atoms with Crippen molar-refractivity contribution in [2.45, 2.75) is 283 Å². The summed E-state index contributed by atoms with van der Waals surface area (Å²) in [4.78, 5) is 25.6. The molecule has 1 amide bonds. The molecular formula is C79H133N2O6P. The number of quaternary nitrogens is 1. The quantitative estimate of drug-likeness (QED) is 0.0272. The standard InChI is InChI=1S/C79H133N2O6P/c1-6-8-10-12-14-16-18-20-22-24-26-28-30-32-34-35-36-37-38-39-40-41-42-43-44-45-47-49-51-53-55-57-59-61-63-65-67-69-71-73-79(83)80-77(76-87-88(84,85)86-75-74-81(3,4)5)78(82)72-70-68-66-64-62-60-58-56-54-52-50-48-46-33-31-29-27-25-23-21-19-17-15-13-11-9-7-2/h8,10,14,16,20,22,26,28,32,34,36-37,39-40,42-43,45,47,51,53-54,56-57,59,62,64,70,72,77-78,82H,6-7,9,11-13,15,17-19,21,23-25,27,29-31,33,35,38,41,44,46,48-50,52,55,58,60-61,63,65-69,71,73-76H2,1-5H3,(H-,80,83,84,85)/b10-8-,16-14-,22-20-,28-26-,34-32-,37-36-,40-39-,43-42-,47-45-,53-51-,56-54+,59-57-,64-62+,72-70+. The van der Waals surface area contributed by atoms with Gasteiger partial charge in [0.15, 0.2) is 0 Å². The topological polar surface area (TPSA) is 108 Å². The molecule has 88 heavy (non-hydrogen) atoms. The molecule has 500 valence electrons. The van der Waals surface area contributed by atoms with Gasteiger partial charge >= 0.3 is 0 Å². The number of nitrogens with zero attached hydrogens (tertiary/aromatic N) is 1. The molecule has 0 aliphatic rings. The Morgan fingerprint density at radius 1 is 0.409 bits per heavy atom. The molecule has 3 atom stereocenters. The number of rotatable bonds is 63. The molecule has 9 heteroatoms. The second kappa shape index (κ2) is 67.3. The van der Waals surface area contributed by atoms with E-state index in [9.17, 15) is 19.4 Å². The van der Waals surface area contributed by atoms with Crippen LogP contribution < -0.4 is 10.2 Å². The van der Waals surface area contributed by atoms with E-state index >= 15 is 0 Å². The van der Waals surface area contributed by atoms with Crippen LogP contribution in [0.1, 0.15) is 271 Å². The van der Waals surface area contributed by atoms with Crippen molar-refractivity contribution >= 4 is 13.7 Å². The normalized spacial score (nSPS) is 14.7. The van der Waals surface area contributed by atoms with Gasteiger partial charge in [0.2, 0.25) is 5.91 Å². The molecule has 0 aromatic heterocycles. The molecule has 0 saturated heterocycles. The van der Waals surface area contributed by atoms with Crippen molar-refractivity contribution in [2.75, 3.05) is 40.9 Å². The van der Waals surface area contributed by atoms with Gasteiger partial charge in [0, 0.05) is 6.42 Å². The van der Waals surface area contributed by atoms with Crippen LogP contribution in [0, 0.1) is 0 Å². The first-order valence-corrected chi connectivity index (χ1v) is 37.0. The van der Waals surface area contributed by atoms with Crippen molar-refractivity contribution in [2.24, 2.45) is 0 Å². The number of unbranched alkanes of at least 4 members (excludes halogenated alkanes) is 24. The van der Waals surface area contributed by atoms with Gasteiger partial charge in [0.1, 0.15) is 13.2 Å². The van der Waals surface area contributed by atoms with Crippen LogP contribution in [-0.4, -0.2) is 68.5 Å². The summed E-state index contributed by atoms with van der Waals surface area (Å²) in [5, 5.41) is 13.9. The first-order valence-electron chi connectivity index (χ1n) is 35.5. The third-order valence-electron chi connectivity index (χ3n) is 14.9. The molecule has 0 bridgehead atoms. The lowest BCUT2D eigenvalue weighted by molar-refractivity contribution is -0.870. The number of hydrogen-bond acceptors (Lipinski definition) is 6. The average Bonchev–Trinajstić information content (AvgIpc) is 3.70. The predicted octanol–water partition coefficient (Wildman–Crippen LogP) is 22.5. The Labute approximate surface area is 543 Å². The number of carbonyl (C=O) groups excluding carboxylic acids is 1. The summed E-state index contributed by atoms with van der Waals surface area (Å²) in [7, 11) is 1.20. The minimum Gasteiger partial charge on any atom is -0.756 e. The number of allylic oxidation sites excluding steroid dienone is 27. The van der Waals surface area contributed by atoms with Crippen LogP contribution in [0.25, 0.3) is 0 Å². The zero-order chi connectivity index (χ0) is 64.1. The van der Waals surface area contributed by atoms with Crippen molar-refractivity contribution in [3.8, 4) is 0 Å². The van der Waals surface area contributed by atoms with E-state index in [1.807, 2.05) is 27.2 Å². The van der Waals surface area contributed by atoms with E-state index in [1.165, 1.54) is 116 Å². The van der Waals surface area contributed by atoms with Gasteiger partial charge in [-0.2, -0.15) is 0 Å². The molecule has 0 heterocycles. The summed E-state index contributed by atoms with van der Waals surface area (Å²) in [6.07, 6.45) is 106. The van der Waals surface area contributed by atoms with Gasteiger partial charge in [-0.05, 0) is 128 Å². The number of likely N-dealkylation sites (N-methyl/N-ethyl adjacent to an activating group) is 1. The predicted molar refractivity (Wildman–Crippen MR) is 384 cm³/mol. The van der Waals surface area contributed by atoms with Gasteiger partial charge in [0.25, 0.3) is 7.82 Å². The molecule has 0 spiro atoms. The monoisotopic (exact) mass is 1240 g/mol. The second-order valence-corrected chi connectivity index (χ2v) is 25.9. The van der Waals surface area contributed by atoms with Gasteiger partial charge in [-0.25, -0.2) is 0 Å². The number of nitrogens with one attached hydrogen (secondary N) is 1. The Morgan fingerprint density at radius 3 is 1.06 bits per heavy atom. The van der Waals surface area contributed by atoms with Crippen molar-refractivity contribution < 1.29 is 32.9 Å². The number of carbonyl (C=O) groups is 1. The fourth-order valence-electron chi connectivity index (χ4n) is 9.43. The van der Waals surface area contributed by atoms with Crippen molar-refractivity contribution in [3.63, 3.8) is 0 Å². The lowest BCUT2D eigenvalue weighted by Gasteiger charge is -2.29. The maximum Gasteiger partial charge on any atom is 0.268 e. The number of aliphatic hydroxyl groups is 1. The van der Waals surface area contributed by atoms with Crippen LogP contribution in [0.3, 0.4) is 0 Å². The second-order valence-electron chi connectivity index (χ2n) is 24.5. The van der Waals surface area contributed by atoms with Crippen LogP contribution in [0.2, 0.25) is 0 Å². The Bertz CT molecular complexity index is 2040. The first kappa shape index (κ1) is 83.9. The molecule has 2 N–H and O–H groups in total. The lowest BCUT2D eigenvalue weighted by Crippen LogP contribution is -2.45. The van der Waals surface area contributed by atoms with E-state index in [0.29, 0.717) is 17.4 Å². The van der Waals surface area contributed by atoms with Crippen LogP contribution in [-0.2, 0) is 18.4 Å². The van der Waals surface area contributed by atoms with Crippen LogP contribution in [0.4, 0.5) is 0 Å². The number of hydrogen-bond donors (Lipinski definition) is 2. The SMILES string of the molecule is CC/C=C\C/C=C\C/C=C\C/C=C\C/C=C\C/C=C\C/C=C\C/C=C\C/C=C\C/C=C\C/C=C\CCCCCCCC(=O)NC(COP(=O)([O-])OCC[N+](C)(C)C)C(O)/C=C/CC/C=C/CC/C=C/CCCCCCCCCCCCCCCCCCC. The average molecular weight is 1240 g/mol. The van der Waals surface area contributed by atoms with E-state index in [-0.39, 0.29) is 12.5 Å². The number of phosphoric acid groups is 1. The molecule has 0 radical (unpaired) electrons. The number of amides is 1. The highest BCUT2D eigenvalue weighted by Crippen LogP contribution is 2.38. The summed E-state index contributed by atoms with van der Waals surface area (Å²) < 4.78 is 23.4. The molecular weight excluding hydrogens is 1100 g/mol. The fraction of sp³-hybridized carbons (Fsp3) is 0.633. The fourth-order valence-corrected chi connectivity index (χ4v) is 10.1. The minimum absolute atomic E-state index is 0.0222. The summed E-state index contributed by atoms with van der Waals surface area (Å²) in [5.74, 6) is -0.236. The van der Waals surface area contributed by atoms with Gasteiger partial charge in [0.05, 0.1) is 39.9 Å². The summed E-state index contributed by atoms with van der Waals surface area (Å²) in [5.41, 5.74) is 0. The van der Waals surface area contributed by atoms with Crippen molar-refractivity contribution in [1.29, 1.82) is 0 Å². The van der Waals surface area contributed by atoms with Crippen molar-refractivity contribution in [1.82, 2.24) is 5.32 Å². The van der Waals surface area contributed by atoms with Crippen molar-refractivity contribution in [3.05, 3.63) is 170 Å². The molecule has 3 unspecified atom stereocenters. The minimum atomic E-state index is -4.64. The van der Waals surface area contributed by atoms with Gasteiger partial charge < -0.3 is 28.8 Å². The van der Waals surface area contributed by atoms with Crippen LogP contribution in [0.15, 0.2) is 170 Å². The van der Waals surface area contributed by atoms with E-state index in [0.717, 1.165) is 135 Å². The zero-order valence-corrected chi connectivity index (χ0v) is 58.0. The largest absolute Gasteiger partial charge is 0.756 e. The Balaban J connectivity index is 4.25. The maximum atomic E-state index is 13.0. The zero-order valence-electron chi connectivity index (χ0n) is 57.1. The summed E-state index contributed by atoms with van der Waals surface area (Å²) in [6, 6.07) is -0.936. The molecule has 0 aromatic rings. The van der Waals surface area contributed by atoms with Gasteiger partial charge in [-0.15, -0.1) is 0 Å². The smallest absolute Gasteiger partial charge is 0.268 e. The van der Waals surface area contributed by atoms with E-state index in [4.69, 9.17) is 9.05 Å². The third kappa shape index (κ3) is 69.3. The molecule has 0 saturated carbocycles. The van der Waals surface area contributed by atoms with Crippen LogP contribution >= 0.6 is 7.82 Å². The molecule has 0 aliphatic carbocycles. The van der Waals surface area contributed by atoms with E-state index < -0.39 is 26.6 Å². The Morgan fingerprint density at radius 2 is 0.705 bits per heavy atom. The highest BCUT2D eigenvalue weighted by atomic mass is 31.2. The van der Waals surface area contributed by atoms with E-state index in [1.54, 1.807) is 6.08 Å². The highest BCUT2D eigenvalue weighted by molar-refractivity contribution is 7.45. The highest BCUT2D eigenvalue weighted by Gasteiger charge is 2.23. The van der Waals surface area contributed by atoms with Gasteiger partial charge in [-0.3, -0.25) is 9.36 Å². The Kier molecular flexibility index (Phi) is 64.1. The van der Waals surface area contributed by atoms with E-state index in [2.05, 4.69) is 177 Å². The third-order valence-corrected chi connectivity index (χ3v) is 15.9. The van der Waals surface area contributed by atoms with Gasteiger partial charge in [-0.1, -0.05) is 306 Å². The summed E-state index contributed by atoms with van der Waals surface area (Å²) in [6.45, 7) is 4.49. The maximum absolute atomic E-state index is 13.0. The molecule has 0 aliphatic heterocycles. The number of phosphoric ester groups is 1. The molecule has 8 nitrogen and oxygen atoms in total. The molecule has 0 aromatic carbocycles. The Hall–Kier alpha value is -4.14. The summed E-state index contributed by atoms with van der Waals surface area (Å²) >= 11 is 0. The first-order chi connectivity index (χ1) is 43.0.